The summed E-state index contributed by atoms with van der Waals surface area (Å²) in [6.07, 6.45) is 5.24. The zero-order valence-corrected chi connectivity index (χ0v) is 18.5. The lowest BCUT2D eigenvalue weighted by molar-refractivity contribution is -0.000372. The van der Waals surface area contributed by atoms with Gasteiger partial charge in [0, 0.05) is 23.1 Å². The molecule has 2 aromatic carbocycles. The second kappa shape index (κ2) is 7.19. The van der Waals surface area contributed by atoms with Gasteiger partial charge in [0.15, 0.2) is 5.66 Å². The summed E-state index contributed by atoms with van der Waals surface area (Å²) in [6, 6.07) is 14.1. The van der Waals surface area contributed by atoms with E-state index in [1.54, 1.807) is 13.2 Å². The zero-order chi connectivity index (χ0) is 21.8. The molecule has 0 radical (unpaired) electrons. The van der Waals surface area contributed by atoms with Crippen molar-refractivity contribution < 1.29 is 4.74 Å². The van der Waals surface area contributed by atoms with E-state index in [-0.39, 0.29) is 5.41 Å². The van der Waals surface area contributed by atoms with Crippen LogP contribution in [0.3, 0.4) is 0 Å². The molecule has 1 aliphatic heterocycles. The first-order valence-corrected chi connectivity index (χ1v) is 11.1. The van der Waals surface area contributed by atoms with Gasteiger partial charge in [0.2, 0.25) is 0 Å². The van der Waals surface area contributed by atoms with Crippen molar-refractivity contribution in [3.63, 3.8) is 0 Å². The van der Waals surface area contributed by atoms with Crippen LogP contribution in [0.1, 0.15) is 49.3 Å². The van der Waals surface area contributed by atoms with E-state index in [4.69, 9.17) is 32.1 Å². The highest BCUT2D eigenvalue weighted by Crippen LogP contribution is 2.62. The molecule has 6 heteroatoms. The van der Waals surface area contributed by atoms with Crippen LogP contribution in [0.25, 0.3) is 11.1 Å². The molecule has 2 N–H and O–H groups in total. The Bertz CT molecular complexity index is 1150. The molecule has 2 aliphatic carbocycles. The summed E-state index contributed by atoms with van der Waals surface area (Å²) in [5.74, 6) is 0.529. The van der Waals surface area contributed by atoms with E-state index in [2.05, 4.69) is 24.3 Å². The first-order chi connectivity index (χ1) is 14.9. The number of hydrogen-bond donors (Lipinski definition) is 1. The fourth-order valence-corrected chi connectivity index (χ4v) is 5.91. The van der Waals surface area contributed by atoms with E-state index < -0.39 is 5.66 Å². The van der Waals surface area contributed by atoms with E-state index in [0.717, 1.165) is 54.5 Å². The van der Waals surface area contributed by atoms with Gasteiger partial charge in [-0.1, -0.05) is 23.7 Å². The van der Waals surface area contributed by atoms with Gasteiger partial charge in [0.25, 0.3) is 0 Å². The Hall–Kier alpha value is -2.68. The van der Waals surface area contributed by atoms with Crippen molar-refractivity contribution in [2.45, 2.75) is 50.8 Å². The smallest absolute Gasteiger partial charge is 0.184 e. The Morgan fingerprint density at radius 3 is 2.55 bits per heavy atom. The Morgan fingerprint density at radius 1 is 1.13 bits per heavy atom. The number of fused-ring (bicyclic) bond motifs is 3. The molecule has 2 aromatic rings. The summed E-state index contributed by atoms with van der Waals surface area (Å²) in [5, 5.41) is 9.91. The van der Waals surface area contributed by atoms with Gasteiger partial charge in [-0.05, 0) is 80.0 Å². The molecule has 0 bridgehead atoms. The standard InChI is InChI=1S/C25H25ClN4O/c1-15-23(28)30-25(29-15)22-12-17(19-9-16(14-27)10-20(26)11-19)3-4-18(22)13-24(25)7-5-21(31-2)6-8-24/h3-4,9-12,21H,5-8,13H2,1-2H3,(H2,28,30)/t21-,24-,25-/m1/s1. The lowest BCUT2D eigenvalue weighted by Crippen LogP contribution is -2.43. The third kappa shape index (κ3) is 3.01. The topological polar surface area (TPSA) is 83.8 Å². The van der Waals surface area contributed by atoms with E-state index in [0.29, 0.717) is 22.5 Å². The van der Waals surface area contributed by atoms with Crippen LogP contribution in [-0.2, 0) is 16.8 Å². The Balaban J connectivity index is 1.65. The van der Waals surface area contributed by atoms with Gasteiger partial charge in [-0.15, -0.1) is 0 Å². The van der Waals surface area contributed by atoms with Gasteiger partial charge in [-0.2, -0.15) is 5.26 Å². The van der Waals surface area contributed by atoms with E-state index in [9.17, 15) is 5.26 Å². The number of rotatable bonds is 2. The third-order valence-electron chi connectivity index (χ3n) is 7.32. The molecule has 0 aromatic heterocycles. The SMILES string of the molecule is CO[C@H]1CC[C@]2(CC1)Cc1ccc(-c3cc(Cl)cc(C#N)c3)cc1[C@]21N=C(C)C(N)=N1. The molecular weight excluding hydrogens is 408 g/mol. The number of hydrogen-bond acceptors (Lipinski definition) is 5. The summed E-state index contributed by atoms with van der Waals surface area (Å²) < 4.78 is 5.64. The maximum absolute atomic E-state index is 9.35. The summed E-state index contributed by atoms with van der Waals surface area (Å²) in [6.45, 7) is 1.94. The predicted molar refractivity (Wildman–Crippen MR) is 123 cm³/mol. The zero-order valence-electron chi connectivity index (χ0n) is 17.8. The predicted octanol–water partition coefficient (Wildman–Crippen LogP) is 4.99. The van der Waals surface area contributed by atoms with E-state index in [1.807, 2.05) is 19.1 Å². The van der Waals surface area contributed by atoms with Gasteiger partial charge in [-0.25, -0.2) is 4.99 Å². The monoisotopic (exact) mass is 432 g/mol. The average Bonchev–Trinajstić information content (AvgIpc) is 3.21. The fraction of sp³-hybridized carbons (Fsp3) is 0.400. The number of amidine groups is 1. The molecule has 5 nitrogen and oxygen atoms in total. The van der Waals surface area contributed by atoms with Crippen molar-refractivity contribution in [3.05, 3.63) is 58.1 Å². The van der Waals surface area contributed by atoms with Crippen LogP contribution >= 0.6 is 11.6 Å². The largest absolute Gasteiger partial charge is 0.382 e. The minimum Gasteiger partial charge on any atom is -0.382 e. The summed E-state index contributed by atoms with van der Waals surface area (Å²) in [7, 11) is 1.79. The van der Waals surface area contributed by atoms with E-state index >= 15 is 0 Å². The first kappa shape index (κ1) is 20.2. The van der Waals surface area contributed by atoms with Crippen LogP contribution in [0, 0.1) is 16.7 Å². The van der Waals surface area contributed by atoms with Crippen LogP contribution in [0.4, 0.5) is 0 Å². The maximum Gasteiger partial charge on any atom is 0.184 e. The Morgan fingerprint density at radius 2 is 1.90 bits per heavy atom. The van der Waals surface area contributed by atoms with Crippen molar-refractivity contribution in [2.24, 2.45) is 21.1 Å². The third-order valence-corrected chi connectivity index (χ3v) is 7.54. The molecule has 1 atom stereocenters. The molecule has 0 unspecified atom stereocenters. The molecule has 0 saturated heterocycles. The van der Waals surface area contributed by atoms with Crippen LogP contribution in [-0.4, -0.2) is 24.8 Å². The molecule has 0 amide bonds. The van der Waals surface area contributed by atoms with Crippen LogP contribution in [0.15, 0.2) is 46.4 Å². The van der Waals surface area contributed by atoms with Gasteiger partial charge in [0.1, 0.15) is 5.84 Å². The van der Waals surface area contributed by atoms with E-state index in [1.165, 1.54) is 5.56 Å². The van der Waals surface area contributed by atoms with Gasteiger partial charge >= 0.3 is 0 Å². The summed E-state index contributed by atoms with van der Waals surface area (Å²) >= 11 is 6.28. The second-order valence-electron chi connectivity index (χ2n) is 8.97. The number of ether oxygens (including phenoxy) is 1. The number of nitrogens with zero attached hydrogens (tertiary/aromatic N) is 3. The lowest BCUT2D eigenvalue weighted by Gasteiger charge is -2.44. The number of nitrogens with two attached hydrogens (primary N) is 1. The van der Waals surface area contributed by atoms with Gasteiger partial charge in [-0.3, -0.25) is 4.99 Å². The maximum atomic E-state index is 9.35. The van der Waals surface area contributed by atoms with Crippen molar-refractivity contribution >= 4 is 23.1 Å². The lowest BCUT2D eigenvalue weighted by atomic mass is 9.65. The first-order valence-electron chi connectivity index (χ1n) is 10.7. The average molecular weight is 433 g/mol. The Kier molecular flexibility index (Phi) is 4.69. The Labute approximate surface area is 187 Å². The normalized spacial score (nSPS) is 29.0. The van der Waals surface area contributed by atoms with Crippen molar-refractivity contribution in [1.82, 2.24) is 0 Å². The second-order valence-corrected chi connectivity index (χ2v) is 9.41. The van der Waals surface area contributed by atoms with Crippen LogP contribution in [0.2, 0.25) is 5.02 Å². The van der Waals surface area contributed by atoms with Crippen molar-refractivity contribution in [2.75, 3.05) is 7.11 Å². The number of halogens is 1. The fourth-order valence-electron chi connectivity index (χ4n) is 5.67. The molecular formula is C25H25ClN4O. The number of benzene rings is 2. The highest BCUT2D eigenvalue weighted by molar-refractivity contribution is 6.41. The minimum atomic E-state index is -0.679. The molecule has 31 heavy (non-hydrogen) atoms. The van der Waals surface area contributed by atoms with Gasteiger partial charge < -0.3 is 10.5 Å². The molecule has 5 rings (SSSR count). The molecule has 1 heterocycles. The molecule has 2 spiro atoms. The highest BCUT2D eigenvalue weighted by Gasteiger charge is 2.60. The number of aliphatic imine (C=N–C) groups is 2. The van der Waals surface area contributed by atoms with Gasteiger partial charge in [0.05, 0.1) is 23.4 Å². The molecule has 1 saturated carbocycles. The highest BCUT2D eigenvalue weighted by atomic mass is 35.5. The number of nitriles is 1. The van der Waals surface area contributed by atoms with Crippen molar-refractivity contribution in [1.29, 1.82) is 5.26 Å². The number of methoxy groups -OCH3 is 1. The van der Waals surface area contributed by atoms with Crippen LogP contribution < -0.4 is 5.73 Å². The van der Waals surface area contributed by atoms with Crippen LogP contribution in [0.5, 0.6) is 0 Å². The quantitative estimate of drug-likeness (QED) is 0.725. The molecule has 158 valence electrons. The van der Waals surface area contributed by atoms with Crippen molar-refractivity contribution in [3.8, 4) is 17.2 Å². The molecule has 3 aliphatic rings. The summed E-state index contributed by atoms with van der Waals surface area (Å²) in [4.78, 5) is 10.2. The minimum absolute atomic E-state index is 0.0858. The summed E-state index contributed by atoms with van der Waals surface area (Å²) in [5.41, 5.74) is 11.2. The molecule has 1 fully saturated rings.